The summed E-state index contributed by atoms with van der Waals surface area (Å²) in [5.74, 6) is 0.614. The molecule has 0 radical (unpaired) electrons. The van der Waals surface area contributed by atoms with Gasteiger partial charge in [-0.25, -0.2) is 4.98 Å². The minimum Gasteiger partial charge on any atom is -0.390 e. The average molecular weight is 251 g/mol. The molecule has 0 bridgehead atoms. The molecule has 1 aromatic rings. The average Bonchev–Trinajstić information content (AvgIpc) is 2.30. The molecule has 0 aromatic carbocycles. The van der Waals surface area contributed by atoms with Gasteiger partial charge >= 0.3 is 0 Å². The molecule has 6 nitrogen and oxygen atoms in total. The van der Waals surface area contributed by atoms with E-state index in [0.717, 1.165) is 0 Å². The summed E-state index contributed by atoms with van der Waals surface area (Å²) in [6, 6.07) is 1.51. The second-order valence-electron chi connectivity index (χ2n) is 5.07. The van der Waals surface area contributed by atoms with Crippen LogP contribution in [0.15, 0.2) is 12.3 Å². The van der Waals surface area contributed by atoms with Crippen molar-refractivity contribution >= 4 is 11.5 Å². The molecule has 1 saturated heterocycles. The Labute approximate surface area is 105 Å². The summed E-state index contributed by atoms with van der Waals surface area (Å²) in [5.41, 5.74) is 0.0257. The molecule has 6 heteroatoms. The van der Waals surface area contributed by atoms with Crippen LogP contribution in [0.2, 0.25) is 0 Å². The van der Waals surface area contributed by atoms with E-state index < -0.39 is 5.60 Å². The van der Waals surface area contributed by atoms with Crippen LogP contribution in [0.3, 0.4) is 0 Å². The summed E-state index contributed by atoms with van der Waals surface area (Å²) in [6.45, 7) is 4.83. The first-order valence-corrected chi connectivity index (χ1v) is 5.97. The Morgan fingerprint density at radius 3 is 2.67 bits per heavy atom. The third-order valence-corrected chi connectivity index (χ3v) is 3.42. The molecule has 1 fully saturated rings. The smallest absolute Gasteiger partial charge is 0.277 e. The van der Waals surface area contributed by atoms with Gasteiger partial charge in [-0.3, -0.25) is 10.1 Å². The highest BCUT2D eigenvalue weighted by Gasteiger charge is 2.28. The number of pyridine rings is 1. The molecule has 0 atom stereocenters. The van der Waals surface area contributed by atoms with E-state index in [9.17, 15) is 15.2 Å². The normalized spacial score (nSPS) is 18.7. The van der Waals surface area contributed by atoms with E-state index in [0.29, 0.717) is 37.3 Å². The summed E-state index contributed by atoms with van der Waals surface area (Å²) < 4.78 is 0. The zero-order valence-corrected chi connectivity index (χ0v) is 10.6. The second kappa shape index (κ2) is 4.53. The van der Waals surface area contributed by atoms with Crippen LogP contribution in [-0.4, -0.2) is 33.7 Å². The molecule has 1 aromatic heterocycles. The van der Waals surface area contributed by atoms with E-state index in [4.69, 9.17) is 0 Å². The lowest BCUT2D eigenvalue weighted by Gasteiger charge is -2.36. The van der Waals surface area contributed by atoms with E-state index in [-0.39, 0.29) is 10.6 Å². The molecule has 0 spiro atoms. The SMILES string of the molecule is Cc1cnc(N2CCC(C)(O)CC2)cc1[N+](=O)[O-]. The number of aryl methyl sites for hydroxylation is 1. The monoisotopic (exact) mass is 251 g/mol. The number of nitro groups is 1. The van der Waals surface area contributed by atoms with Crippen LogP contribution in [0.25, 0.3) is 0 Å². The number of hydrogen-bond acceptors (Lipinski definition) is 5. The zero-order chi connectivity index (χ0) is 13.3. The van der Waals surface area contributed by atoms with Gasteiger partial charge in [-0.05, 0) is 26.7 Å². The first-order valence-electron chi connectivity index (χ1n) is 5.97. The van der Waals surface area contributed by atoms with Gasteiger partial charge in [0.25, 0.3) is 5.69 Å². The highest BCUT2D eigenvalue weighted by Crippen LogP contribution is 2.27. The largest absolute Gasteiger partial charge is 0.390 e. The van der Waals surface area contributed by atoms with Crippen molar-refractivity contribution in [2.45, 2.75) is 32.3 Å². The van der Waals surface area contributed by atoms with Crippen LogP contribution in [0.1, 0.15) is 25.3 Å². The molecule has 2 rings (SSSR count). The lowest BCUT2D eigenvalue weighted by atomic mass is 9.94. The maximum absolute atomic E-state index is 10.9. The fourth-order valence-corrected chi connectivity index (χ4v) is 2.09. The number of anilines is 1. The Hall–Kier alpha value is -1.69. The van der Waals surface area contributed by atoms with Gasteiger partial charge in [0.15, 0.2) is 0 Å². The molecule has 1 aliphatic rings. The Morgan fingerprint density at radius 2 is 2.11 bits per heavy atom. The first-order chi connectivity index (χ1) is 8.39. The predicted octanol–water partition coefficient (Wildman–Crippen LogP) is 1.65. The van der Waals surface area contributed by atoms with Gasteiger partial charge in [0.05, 0.1) is 16.6 Å². The summed E-state index contributed by atoms with van der Waals surface area (Å²) in [6.07, 6.45) is 2.83. The minimum atomic E-state index is -0.632. The van der Waals surface area contributed by atoms with E-state index in [1.807, 2.05) is 11.8 Å². The van der Waals surface area contributed by atoms with Crippen molar-refractivity contribution in [1.29, 1.82) is 0 Å². The molecule has 2 heterocycles. The van der Waals surface area contributed by atoms with E-state index in [2.05, 4.69) is 4.98 Å². The number of rotatable bonds is 2. The zero-order valence-electron chi connectivity index (χ0n) is 10.6. The highest BCUT2D eigenvalue weighted by atomic mass is 16.6. The van der Waals surface area contributed by atoms with Crippen molar-refractivity contribution in [3.8, 4) is 0 Å². The lowest BCUT2D eigenvalue weighted by molar-refractivity contribution is -0.385. The van der Waals surface area contributed by atoms with Crippen molar-refractivity contribution in [2.75, 3.05) is 18.0 Å². The molecular formula is C12H17N3O3. The fourth-order valence-electron chi connectivity index (χ4n) is 2.09. The van der Waals surface area contributed by atoms with Crippen LogP contribution < -0.4 is 4.90 Å². The van der Waals surface area contributed by atoms with E-state index in [1.54, 1.807) is 6.92 Å². The lowest BCUT2D eigenvalue weighted by Crippen LogP contribution is -2.42. The van der Waals surface area contributed by atoms with Gasteiger partial charge in [-0.2, -0.15) is 0 Å². The molecule has 0 aliphatic carbocycles. The number of piperidine rings is 1. The number of hydrogen-bond donors (Lipinski definition) is 1. The van der Waals surface area contributed by atoms with E-state index in [1.165, 1.54) is 12.3 Å². The predicted molar refractivity (Wildman–Crippen MR) is 67.7 cm³/mol. The maximum Gasteiger partial charge on any atom is 0.277 e. The van der Waals surface area contributed by atoms with Crippen LogP contribution in [-0.2, 0) is 0 Å². The molecule has 1 N–H and O–H groups in total. The minimum absolute atomic E-state index is 0.0948. The second-order valence-corrected chi connectivity index (χ2v) is 5.07. The summed E-state index contributed by atoms with van der Waals surface area (Å²) >= 11 is 0. The quantitative estimate of drug-likeness (QED) is 0.638. The third kappa shape index (κ3) is 2.59. The fraction of sp³-hybridized carbons (Fsp3) is 0.583. The summed E-state index contributed by atoms with van der Waals surface area (Å²) in [5, 5.41) is 20.7. The number of aliphatic hydroxyl groups is 1. The third-order valence-electron chi connectivity index (χ3n) is 3.42. The molecular weight excluding hydrogens is 234 g/mol. The van der Waals surface area contributed by atoms with Gasteiger partial charge in [-0.15, -0.1) is 0 Å². The van der Waals surface area contributed by atoms with Gasteiger partial charge in [0, 0.05) is 24.8 Å². The Bertz CT molecular complexity index is 464. The Kier molecular flexibility index (Phi) is 3.21. The van der Waals surface area contributed by atoms with Crippen LogP contribution in [0, 0.1) is 17.0 Å². The highest BCUT2D eigenvalue weighted by molar-refractivity contribution is 5.50. The van der Waals surface area contributed by atoms with Gasteiger partial charge < -0.3 is 10.0 Å². The van der Waals surface area contributed by atoms with Gasteiger partial charge in [0.1, 0.15) is 5.82 Å². The van der Waals surface area contributed by atoms with Crippen molar-refractivity contribution in [3.63, 3.8) is 0 Å². The van der Waals surface area contributed by atoms with Crippen molar-refractivity contribution in [1.82, 2.24) is 4.98 Å². The molecule has 98 valence electrons. The summed E-state index contributed by atoms with van der Waals surface area (Å²) in [4.78, 5) is 16.7. The Morgan fingerprint density at radius 1 is 1.50 bits per heavy atom. The standard InChI is InChI=1S/C12H17N3O3/c1-9-8-13-11(7-10(9)15(17)18)14-5-3-12(2,16)4-6-14/h7-8,16H,3-6H2,1-2H3. The van der Waals surface area contributed by atoms with Crippen LogP contribution >= 0.6 is 0 Å². The van der Waals surface area contributed by atoms with E-state index >= 15 is 0 Å². The molecule has 18 heavy (non-hydrogen) atoms. The number of aromatic nitrogens is 1. The molecule has 0 saturated carbocycles. The Balaban J connectivity index is 2.20. The summed E-state index contributed by atoms with van der Waals surface area (Å²) in [7, 11) is 0. The first kappa shape index (κ1) is 12.8. The van der Waals surface area contributed by atoms with Crippen LogP contribution in [0.4, 0.5) is 11.5 Å². The number of nitrogens with zero attached hydrogens (tertiary/aromatic N) is 3. The topological polar surface area (TPSA) is 79.5 Å². The van der Waals surface area contributed by atoms with Gasteiger partial charge in [0.2, 0.25) is 0 Å². The molecule has 0 amide bonds. The van der Waals surface area contributed by atoms with Gasteiger partial charge in [-0.1, -0.05) is 0 Å². The maximum atomic E-state index is 10.9. The molecule has 1 aliphatic heterocycles. The van der Waals surface area contributed by atoms with Crippen molar-refractivity contribution < 1.29 is 10.0 Å². The van der Waals surface area contributed by atoms with Crippen molar-refractivity contribution in [2.24, 2.45) is 0 Å². The molecule has 0 unspecified atom stereocenters. The van der Waals surface area contributed by atoms with Crippen LogP contribution in [0.5, 0.6) is 0 Å². The van der Waals surface area contributed by atoms with Crippen molar-refractivity contribution in [3.05, 3.63) is 27.9 Å².